The van der Waals surface area contributed by atoms with Crippen LogP contribution in [0.1, 0.15) is 22.9 Å². The lowest BCUT2D eigenvalue weighted by atomic mass is 10.0. The first-order valence-electron chi connectivity index (χ1n) is 3.87. The summed E-state index contributed by atoms with van der Waals surface area (Å²) in [5.41, 5.74) is 2.10. The van der Waals surface area contributed by atoms with Gasteiger partial charge in [-0.15, -0.1) is 11.3 Å². The molecule has 1 atom stereocenters. The van der Waals surface area contributed by atoms with Gasteiger partial charge in [0.25, 0.3) is 0 Å². The third-order valence-corrected chi connectivity index (χ3v) is 2.82. The summed E-state index contributed by atoms with van der Waals surface area (Å²) >= 11 is 1.17. The minimum atomic E-state index is -1.13. The second-order valence-corrected chi connectivity index (χ2v) is 3.68. The molecule has 0 saturated carbocycles. The molecule has 0 aliphatic rings. The molecule has 0 radical (unpaired) electrons. The first-order valence-corrected chi connectivity index (χ1v) is 4.75. The molecule has 0 aromatic carbocycles. The van der Waals surface area contributed by atoms with Crippen LogP contribution in [-0.4, -0.2) is 27.1 Å². The Morgan fingerprint density at radius 1 is 1.57 bits per heavy atom. The van der Waals surface area contributed by atoms with Crippen LogP contribution in [0.15, 0.2) is 5.51 Å². The number of nitrogens with zero attached hydrogens (tertiary/aromatic N) is 1. The van der Waals surface area contributed by atoms with Gasteiger partial charge in [-0.1, -0.05) is 0 Å². The monoisotopic (exact) mass is 215 g/mol. The average Bonchev–Trinajstić information content (AvgIpc) is 2.46. The largest absolute Gasteiger partial charge is 0.481 e. The van der Waals surface area contributed by atoms with Crippen LogP contribution < -0.4 is 0 Å². The number of carbonyl (C=O) groups is 2. The topological polar surface area (TPSA) is 87.5 Å². The van der Waals surface area contributed by atoms with E-state index < -0.39 is 24.3 Å². The molecule has 6 heteroatoms. The summed E-state index contributed by atoms with van der Waals surface area (Å²) in [6.07, 6.45) is -0.404. The zero-order valence-electron chi connectivity index (χ0n) is 7.43. The van der Waals surface area contributed by atoms with Crippen LogP contribution in [0.25, 0.3) is 0 Å². The van der Waals surface area contributed by atoms with Crippen molar-refractivity contribution < 1.29 is 19.8 Å². The number of aliphatic carboxylic acids is 2. The summed E-state index contributed by atoms with van der Waals surface area (Å²) in [7, 11) is 0. The van der Waals surface area contributed by atoms with E-state index in [2.05, 4.69) is 4.98 Å². The van der Waals surface area contributed by atoms with Crippen LogP contribution >= 0.6 is 11.3 Å². The Labute approximate surface area is 84.0 Å². The number of carboxylic acid groups (broad SMARTS) is 2. The smallest absolute Gasteiger partial charge is 0.312 e. The maximum Gasteiger partial charge on any atom is 0.312 e. The molecule has 2 N–H and O–H groups in total. The Bertz CT molecular complexity index is 360. The quantitative estimate of drug-likeness (QED) is 0.785. The van der Waals surface area contributed by atoms with Crippen LogP contribution in [0, 0.1) is 6.92 Å². The fourth-order valence-electron chi connectivity index (χ4n) is 1.11. The summed E-state index contributed by atoms with van der Waals surface area (Å²) in [6.45, 7) is 1.67. The number of hydrogen-bond donors (Lipinski definition) is 2. The molecular weight excluding hydrogens is 206 g/mol. The molecule has 0 aliphatic carbocycles. The van der Waals surface area contributed by atoms with Crippen molar-refractivity contribution in [2.45, 2.75) is 19.3 Å². The highest BCUT2D eigenvalue weighted by molar-refractivity contribution is 7.10. The maximum atomic E-state index is 10.8. The van der Waals surface area contributed by atoms with E-state index in [0.717, 1.165) is 0 Å². The van der Waals surface area contributed by atoms with E-state index in [4.69, 9.17) is 10.2 Å². The fourth-order valence-corrected chi connectivity index (χ4v) is 2.01. The van der Waals surface area contributed by atoms with Gasteiger partial charge < -0.3 is 10.2 Å². The summed E-state index contributed by atoms with van der Waals surface area (Å²) in [5.74, 6) is -3.23. The second kappa shape index (κ2) is 4.19. The highest BCUT2D eigenvalue weighted by Gasteiger charge is 2.26. The highest BCUT2D eigenvalue weighted by atomic mass is 32.1. The molecule has 5 nitrogen and oxygen atoms in total. The minimum Gasteiger partial charge on any atom is -0.481 e. The SMILES string of the molecule is Cc1ncsc1C(CC(=O)O)C(=O)O. The summed E-state index contributed by atoms with van der Waals surface area (Å²) in [5, 5.41) is 17.4. The van der Waals surface area contributed by atoms with Gasteiger partial charge in [0.15, 0.2) is 0 Å². The predicted octanol–water partition coefficient (Wildman–Crippen LogP) is 1.09. The first kappa shape index (κ1) is 10.6. The number of hydrogen-bond acceptors (Lipinski definition) is 4. The van der Waals surface area contributed by atoms with Crippen molar-refractivity contribution in [2.75, 3.05) is 0 Å². The zero-order valence-corrected chi connectivity index (χ0v) is 8.24. The second-order valence-electron chi connectivity index (χ2n) is 2.79. The van der Waals surface area contributed by atoms with Crippen molar-refractivity contribution in [3.8, 4) is 0 Å². The van der Waals surface area contributed by atoms with Crippen molar-refractivity contribution in [3.63, 3.8) is 0 Å². The molecule has 0 amide bonds. The van der Waals surface area contributed by atoms with Gasteiger partial charge >= 0.3 is 11.9 Å². The number of rotatable bonds is 4. The fraction of sp³-hybridized carbons (Fsp3) is 0.375. The lowest BCUT2D eigenvalue weighted by Gasteiger charge is -2.07. The van der Waals surface area contributed by atoms with Crippen molar-refractivity contribution in [1.29, 1.82) is 0 Å². The van der Waals surface area contributed by atoms with Gasteiger partial charge in [-0.05, 0) is 6.92 Å². The summed E-state index contributed by atoms with van der Waals surface area (Å²) in [4.78, 5) is 25.6. The molecule has 0 bridgehead atoms. The number of aryl methyl sites for hydroxylation is 1. The van der Waals surface area contributed by atoms with Gasteiger partial charge in [-0.25, -0.2) is 4.98 Å². The van der Waals surface area contributed by atoms with Crippen LogP contribution in [-0.2, 0) is 9.59 Å². The molecule has 1 unspecified atom stereocenters. The Hall–Kier alpha value is -1.43. The molecule has 0 aliphatic heterocycles. The first-order chi connectivity index (χ1) is 6.52. The van der Waals surface area contributed by atoms with Crippen LogP contribution in [0.5, 0.6) is 0 Å². The van der Waals surface area contributed by atoms with Gasteiger partial charge in [0.05, 0.1) is 17.6 Å². The lowest BCUT2D eigenvalue weighted by Crippen LogP contribution is -2.15. The summed E-state index contributed by atoms with van der Waals surface area (Å²) in [6, 6.07) is 0. The predicted molar refractivity (Wildman–Crippen MR) is 49.5 cm³/mol. The van der Waals surface area contributed by atoms with E-state index in [9.17, 15) is 9.59 Å². The molecule has 0 spiro atoms. The molecule has 14 heavy (non-hydrogen) atoms. The van der Waals surface area contributed by atoms with Crippen molar-refractivity contribution in [2.24, 2.45) is 0 Å². The van der Waals surface area contributed by atoms with Gasteiger partial charge in [-0.2, -0.15) is 0 Å². The number of aromatic nitrogens is 1. The van der Waals surface area contributed by atoms with E-state index in [1.807, 2.05) is 0 Å². The number of carboxylic acids is 2. The Balaban J connectivity index is 2.94. The molecule has 76 valence electrons. The molecule has 1 rings (SSSR count). The third-order valence-electron chi connectivity index (χ3n) is 1.78. The molecular formula is C8H9NO4S. The van der Waals surface area contributed by atoms with Crippen LogP contribution in [0.4, 0.5) is 0 Å². The Morgan fingerprint density at radius 2 is 2.21 bits per heavy atom. The van der Waals surface area contributed by atoms with E-state index >= 15 is 0 Å². The Morgan fingerprint density at radius 3 is 2.57 bits per heavy atom. The minimum absolute atomic E-state index is 0.404. The van der Waals surface area contributed by atoms with E-state index in [1.54, 1.807) is 6.92 Å². The number of thiazole rings is 1. The highest BCUT2D eigenvalue weighted by Crippen LogP contribution is 2.26. The zero-order chi connectivity index (χ0) is 10.7. The molecule has 0 fully saturated rings. The van der Waals surface area contributed by atoms with Gasteiger partial charge in [-0.3, -0.25) is 9.59 Å². The van der Waals surface area contributed by atoms with Crippen molar-refractivity contribution in [1.82, 2.24) is 4.98 Å². The van der Waals surface area contributed by atoms with Crippen LogP contribution in [0.2, 0.25) is 0 Å². The standard InChI is InChI=1S/C8H9NO4S/c1-4-7(14-3-9-4)5(8(12)13)2-6(10)11/h3,5H,2H2,1H3,(H,10,11)(H,12,13). The Kier molecular flexibility index (Phi) is 3.19. The van der Waals surface area contributed by atoms with Crippen LogP contribution in [0.3, 0.4) is 0 Å². The normalized spacial score (nSPS) is 12.4. The van der Waals surface area contributed by atoms with E-state index in [0.29, 0.717) is 10.6 Å². The molecule has 1 aromatic rings. The van der Waals surface area contributed by atoms with Crippen molar-refractivity contribution >= 4 is 23.3 Å². The maximum absolute atomic E-state index is 10.8. The lowest BCUT2D eigenvalue weighted by molar-refractivity contribution is -0.145. The van der Waals surface area contributed by atoms with Gasteiger partial charge in [0.2, 0.25) is 0 Å². The van der Waals surface area contributed by atoms with E-state index in [-0.39, 0.29) is 0 Å². The molecule has 1 aromatic heterocycles. The van der Waals surface area contributed by atoms with Crippen molar-refractivity contribution in [3.05, 3.63) is 16.1 Å². The molecule has 0 saturated heterocycles. The van der Waals surface area contributed by atoms with E-state index in [1.165, 1.54) is 16.8 Å². The summed E-state index contributed by atoms with van der Waals surface area (Å²) < 4.78 is 0. The third kappa shape index (κ3) is 2.29. The molecule has 1 heterocycles. The average molecular weight is 215 g/mol. The van der Waals surface area contributed by atoms with Gasteiger partial charge in [0.1, 0.15) is 5.92 Å². The van der Waals surface area contributed by atoms with Gasteiger partial charge in [0, 0.05) is 4.88 Å².